The van der Waals surface area contributed by atoms with E-state index in [0.717, 1.165) is 33.8 Å². The van der Waals surface area contributed by atoms with Crippen LogP contribution in [0.3, 0.4) is 0 Å². The zero-order valence-corrected chi connectivity index (χ0v) is 40.3. The van der Waals surface area contributed by atoms with E-state index in [4.69, 9.17) is 0 Å². The van der Waals surface area contributed by atoms with Crippen LogP contribution in [-0.2, 0) is 10.8 Å². The average molecular weight is 919 g/mol. The first-order valence-electron chi connectivity index (χ1n) is 25.2. The summed E-state index contributed by atoms with van der Waals surface area (Å²) in [6, 6.07) is 99.2. The van der Waals surface area contributed by atoms with E-state index in [2.05, 4.69) is 290 Å². The van der Waals surface area contributed by atoms with Gasteiger partial charge in [-0.3, -0.25) is 0 Å². The lowest BCUT2D eigenvalue weighted by molar-refractivity contribution is 0.563. The van der Waals surface area contributed by atoms with Gasteiger partial charge in [0.15, 0.2) is 0 Å². The van der Waals surface area contributed by atoms with E-state index >= 15 is 0 Å². The van der Waals surface area contributed by atoms with Gasteiger partial charge in [-0.15, -0.1) is 0 Å². The van der Waals surface area contributed by atoms with Crippen LogP contribution in [0.15, 0.2) is 267 Å². The van der Waals surface area contributed by atoms with Gasteiger partial charge in [-0.2, -0.15) is 0 Å². The van der Waals surface area contributed by atoms with E-state index in [-0.39, 0.29) is 5.41 Å². The summed E-state index contributed by atoms with van der Waals surface area (Å²) in [6.07, 6.45) is 0. The Morgan fingerprint density at radius 2 is 0.764 bits per heavy atom. The maximum atomic E-state index is 2.53. The van der Waals surface area contributed by atoms with Gasteiger partial charge in [-0.25, -0.2) is 0 Å². The average Bonchev–Trinajstić information content (AvgIpc) is 3.94. The highest BCUT2D eigenvalue weighted by atomic mass is 15.1. The molecule has 0 saturated carbocycles. The molecule has 11 aromatic carbocycles. The molecule has 0 fully saturated rings. The summed E-state index contributed by atoms with van der Waals surface area (Å²) >= 11 is 0. The smallest absolute Gasteiger partial charge is 0.0720 e. The van der Waals surface area contributed by atoms with Gasteiger partial charge < -0.3 is 9.47 Å². The van der Waals surface area contributed by atoms with Crippen LogP contribution >= 0.6 is 0 Å². The summed E-state index contributed by atoms with van der Waals surface area (Å²) in [7, 11) is 0. The first kappa shape index (κ1) is 41.9. The van der Waals surface area contributed by atoms with Gasteiger partial charge in [-0.05, 0) is 121 Å². The number of nitrogens with zero attached hydrogens (tertiary/aromatic N) is 2. The number of anilines is 3. The van der Waals surface area contributed by atoms with E-state index < -0.39 is 5.41 Å². The zero-order chi connectivity index (χ0) is 48.0. The Labute approximate surface area is 421 Å². The summed E-state index contributed by atoms with van der Waals surface area (Å²) < 4.78 is 2.43. The van der Waals surface area contributed by atoms with Crippen molar-refractivity contribution >= 4 is 38.9 Å². The molecule has 1 aromatic heterocycles. The third-order valence-electron chi connectivity index (χ3n) is 15.9. The van der Waals surface area contributed by atoms with Crippen molar-refractivity contribution in [2.75, 3.05) is 4.90 Å². The number of para-hydroxylation sites is 3. The zero-order valence-electron chi connectivity index (χ0n) is 40.3. The highest BCUT2D eigenvalue weighted by Gasteiger charge is 2.53. The Morgan fingerprint density at radius 1 is 0.306 bits per heavy atom. The van der Waals surface area contributed by atoms with Crippen LogP contribution in [0.25, 0.3) is 72.0 Å². The van der Waals surface area contributed by atoms with Gasteiger partial charge >= 0.3 is 0 Å². The quantitative estimate of drug-likeness (QED) is 0.155. The second-order valence-corrected chi connectivity index (χ2v) is 19.9. The number of rotatable bonds is 7. The Hall–Kier alpha value is -8.98. The van der Waals surface area contributed by atoms with Crippen LogP contribution < -0.4 is 4.90 Å². The molecule has 340 valence electrons. The third kappa shape index (κ3) is 6.09. The van der Waals surface area contributed by atoms with E-state index in [1.165, 1.54) is 88.6 Å². The molecule has 2 heteroatoms. The van der Waals surface area contributed by atoms with Crippen molar-refractivity contribution in [3.63, 3.8) is 0 Å². The summed E-state index contributed by atoms with van der Waals surface area (Å²) in [4.78, 5) is 2.53. The Morgan fingerprint density at radius 3 is 1.46 bits per heavy atom. The van der Waals surface area contributed by atoms with Gasteiger partial charge in [0.05, 0.1) is 22.1 Å². The highest BCUT2D eigenvalue weighted by molar-refractivity contribution is 6.11. The molecule has 14 rings (SSSR count). The maximum absolute atomic E-state index is 2.53. The van der Waals surface area contributed by atoms with Gasteiger partial charge in [0.2, 0.25) is 0 Å². The fraction of sp³-hybridized carbons (Fsp3) is 0.0571. The molecule has 0 saturated heterocycles. The molecular weight excluding hydrogens is 869 g/mol. The molecule has 0 aliphatic heterocycles. The molecule has 0 amide bonds. The SMILES string of the molecule is CC1(C)c2ccccc2C2(c3ccccc3-c3ccc(N(c4ccc5c6ccccc6n(-c6ccccc6)c5c4)c4ccccc4-c4ccccc4-c4ccccc4-c4ccccc4)cc32)c2ccccc21. The molecule has 2 nitrogen and oxygen atoms in total. The molecule has 0 atom stereocenters. The third-order valence-corrected chi connectivity index (χ3v) is 15.9. The number of hydrogen-bond donors (Lipinski definition) is 0. The Kier molecular flexibility index (Phi) is 9.50. The molecule has 1 spiro atoms. The van der Waals surface area contributed by atoms with Crippen LogP contribution in [0, 0.1) is 0 Å². The fourth-order valence-corrected chi connectivity index (χ4v) is 12.8. The predicted molar refractivity (Wildman–Crippen MR) is 301 cm³/mol. The molecular formula is C70H50N2. The van der Waals surface area contributed by atoms with E-state index in [1.54, 1.807) is 0 Å². The summed E-state index contributed by atoms with van der Waals surface area (Å²) in [6.45, 7) is 4.80. The number of hydrogen-bond acceptors (Lipinski definition) is 1. The van der Waals surface area contributed by atoms with Crippen LogP contribution in [0.2, 0.25) is 0 Å². The molecule has 72 heavy (non-hydrogen) atoms. The molecule has 0 N–H and O–H groups in total. The van der Waals surface area contributed by atoms with Crippen LogP contribution in [-0.4, -0.2) is 4.57 Å². The van der Waals surface area contributed by atoms with Gasteiger partial charge in [-0.1, -0.05) is 232 Å². The van der Waals surface area contributed by atoms with Crippen LogP contribution in [0.4, 0.5) is 17.1 Å². The highest BCUT2D eigenvalue weighted by Crippen LogP contribution is 2.63. The second-order valence-electron chi connectivity index (χ2n) is 19.9. The second kappa shape index (κ2) is 16.3. The molecule has 12 aromatic rings. The maximum Gasteiger partial charge on any atom is 0.0720 e. The Balaban J connectivity index is 1.06. The molecule has 0 radical (unpaired) electrons. The monoisotopic (exact) mass is 918 g/mol. The lowest BCUT2D eigenvalue weighted by Crippen LogP contribution is -2.40. The minimum Gasteiger partial charge on any atom is -0.310 e. The predicted octanol–water partition coefficient (Wildman–Crippen LogP) is 18.3. The van der Waals surface area contributed by atoms with Crippen molar-refractivity contribution in [3.05, 3.63) is 300 Å². The minimum atomic E-state index is -0.548. The number of benzene rings is 11. The van der Waals surface area contributed by atoms with Crippen molar-refractivity contribution in [2.24, 2.45) is 0 Å². The van der Waals surface area contributed by atoms with Crippen LogP contribution in [0.1, 0.15) is 47.2 Å². The number of fused-ring (bicyclic) bond motifs is 12. The molecule has 1 heterocycles. The lowest BCUT2D eigenvalue weighted by Gasteiger charge is -2.46. The van der Waals surface area contributed by atoms with Crippen LogP contribution in [0.5, 0.6) is 0 Å². The van der Waals surface area contributed by atoms with Crippen molar-refractivity contribution in [3.8, 4) is 50.2 Å². The fourth-order valence-electron chi connectivity index (χ4n) is 12.8. The topological polar surface area (TPSA) is 8.17 Å². The van der Waals surface area contributed by atoms with Crippen molar-refractivity contribution in [1.29, 1.82) is 0 Å². The van der Waals surface area contributed by atoms with Crippen molar-refractivity contribution in [2.45, 2.75) is 24.7 Å². The van der Waals surface area contributed by atoms with Gasteiger partial charge in [0.25, 0.3) is 0 Å². The summed E-state index contributed by atoms with van der Waals surface area (Å²) in [5.41, 5.74) is 23.7. The van der Waals surface area contributed by atoms with E-state index in [9.17, 15) is 0 Å². The van der Waals surface area contributed by atoms with Gasteiger partial charge in [0, 0.05) is 38.8 Å². The minimum absolute atomic E-state index is 0.197. The van der Waals surface area contributed by atoms with Crippen molar-refractivity contribution < 1.29 is 0 Å². The first-order chi connectivity index (χ1) is 35.5. The van der Waals surface area contributed by atoms with E-state index in [1.807, 2.05) is 0 Å². The van der Waals surface area contributed by atoms with Crippen molar-refractivity contribution in [1.82, 2.24) is 4.57 Å². The summed E-state index contributed by atoms with van der Waals surface area (Å²) in [5.74, 6) is 0. The summed E-state index contributed by atoms with van der Waals surface area (Å²) in [5, 5.41) is 2.45. The van der Waals surface area contributed by atoms with Gasteiger partial charge in [0.1, 0.15) is 0 Å². The largest absolute Gasteiger partial charge is 0.310 e. The molecule has 0 unspecified atom stereocenters. The van der Waals surface area contributed by atoms with E-state index in [0.29, 0.717) is 0 Å². The molecule has 2 aliphatic rings. The molecule has 2 aliphatic carbocycles. The lowest BCUT2D eigenvalue weighted by atomic mass is 9.55. The molecule has 0 bridgehead atoms. The Bertz CT molecular complexity index is 4030. The normalized spacial score (nSPS) is 13.6. The first-order valence-corrected chi connectivity index (χ1v) is 25.2. The standard InChI is InChI=1S/C70H50N2/c1-69(2)61-35-17-19-37-63(61)70(64-38-20-18-36-62(64)69)60-34-16-13-31-55(60)56-43-41-49(45-65(56)70)71(50-42-44-59-58-33-15-22-40-67(58)72(68(59)46-50)48-25-7-4-8-26-48)66-39-21-14-32-57(66)54-30-12-11-29-53(54)52-28-10-9-27-51(52)47-23-5-3-6-24-47/h3-46H,1-2H3. The number of aromatic nitrogens is 1.